The molecule has 5 nitrogen and oxygen atoms in total. The summed E-state index contributed by atoms with van der Waals surface area (Å²) in [5.41, 5.74) is 5.99. The van der Waals surface area contributed by atoms with Crippen molar-refractivity contribution in [3.63, 3.8) is 0 Å². The molecule has 0 bridgehead atoms. The van der Waals surface area contributed by atoms with Gasteiger partial charge in [-0.05, 0) is 55.8 Å². The summed E-state index contributed by atoms with van der Waals surface area (Å²) >= 11 is 0. The standard InChI is InChI=1S/C26H30N4O/c1-19-9-10-24(30-13-11-29(3)12-14-30)16-25(19)26(31)28-20(2)22-15-23(18-27-17-22)21-7-5-4-6-8-21/h4-10,15-18,20H,11-14H2,1-3H3,(H,28,31)/t20-/m1/s1. The maximum Gasteiger partial charge on any atom is 0.252 e. The highest BCUT2D eigenvalue weighted by Gasteiger charge is 2.18. The van der Waals surface area contributed by atoms with E-state index in [0.717, 1.165) is 59.7 Å². The van der Waals surface area contributed by atoms with Crippen LogP contribution in [0.3, 0.4) is 0 Å². The highest BCUT2D eigenvalue weighted by atomic mass is 16.1. The number of carbonyl (C=O) groups is 1. The number of hydrogen-bond acceptors (Lipinski definition) is 4. The van der Waals surface area contributed by atoms with Crippen LogP contribution in [-0.4, -0.2) is 49.0 Å². The molecule has 1 fully saturated rings. The maximum atomic E-state index is 13.1. The number of benzene rings is 2. The molecule has 1 amide bonds. The van der Waals surface area contributed by atoms with Crippen molar-refractivity contribution >= 4 is 11.6 Å². The van der Waals surface area contributed by atoms with Gasteiger partial charge in [-0.15, -0.1) is 0 Å². The second-order valence-electron chi connectivity index (χ2n) is 8.36. The molecule has 0 radical (unpaired) electrons. The van der Waals surface area contributed by atoms with Gasteiger partial charge in [0.05, 0.1) is 6.04 Å². The van der Waals surface area contributed by atoms with Crippen LogP contribution in [-0.2, 0) is 0 Å². The first kappa shape index (κ1) is 21.1. The summed E-state index contributed by atoms with van der Waals surface area (Å²) in [6.45, 7) is 8.03. The van der Waals surface area contributed by atoms with Gasteiger partial charge in [0.2, 0.25) is 0 Å². The molecule has 5 heteroatoms. The van der Waals surface area contributed by atoms with Gasteiger partial charge in [0.15, 0.2) is 0 Å². The van der Waals surface area contributed by atoms with Crippen LogP contribution in [0.15, 0.2) is 67.0 Å². The third-order valence-corrected chi connectivity index (χ3v) is 6.05. The molecule has 2 heterocycles. The Hall–Kier alpha value is -3.18. The Morgan fingerprint density at radius 2 is 1.71 bits per heavy atom. The molecule has 0 spiro atoms. The van der Waals surface area contributed by atoms with Crippen molar-refractivity contribution in [2.24, 2.45) is 0 Å². The van der Waals surface area contributed by atoms with Crippen molar-refractivity contribution in [2.45, 2.75) is 19.9 Å². The zero-order valence-electron chi connectivity index (χ0n) is 18.5. The predicted molar refractivity (Wildman–Crippen MR) is 126 cm³/mol. The van der Waals surface area contributed by atoms with E-state index in [0.29, 0.717) is 0 Å². The number of pyridine rings is 1. The SMILES string of the molecule is Cc1ccc(N2CCN(C)CC2)cc1C(=O)N[C@H](C)c1cncc(-c2ccccc2)c1. The Kier molecular flexibility index (Phi) is 6.33. The van der Waals surface area contributed by atoms with Crippen LogP contribution in [0.4, 0.5) is 5.69 Å². The molecule has 3 aromatic rings. The Labute approximate surface area is 184 Å². The Balaban J connectivity index is 1.50. The number of aryl methyl sites for hydroxylation is 1. The van der Waals surface area contributed by atoms with Crippen molar-refractivity contribution in [3.8, 4) is 11.1 Å². The highest BCUT2D eigenvalue weighted by Crippen LogP contribution is 2.24. The number of amides is 1. The lowest BCUT2D eigenvalue weighted by molar-refractivity contribution is 0.0939. The lowest BCUT2D eigenvalue weighted by Crippen LogP contribution is -2.44. The summed E-state index contributed by atoms with van der Waals surface area (Å²) in [7, 11) is 2.15. The number of anilines is 1. The summed E-state index contributed by atoms with van der Waals surface area (Å²) in [6.07, 6.45) is 3.68. The van der Waals surface area contributed by atoms with Crippen LogP contribution in [0.1, 0.15) is 34.5 Å². The first-order chi connectivity index (χ1) is 15.0. The van der Waals surface area contributed by atoms with Crippen LogP contribution in [0.2, 0.25) is 0 Å². The highest BCUT2D eigenvalue weighted by molar-refractivity contribution is 5.96. The average molecular weight is 415 g/mol. The normalized spacial score (nSPS) is 15.5. The van der Waals surface area contributed by atoms with E-state index in [-0.39, 0.29) is 11.9 Å². The quantitative estimate of drug-likeness (QED) is 0.676. The number of carbonyl (C=O) groups excluding carboxylic acids is 1. The topological polar surface area (TPSA) is 48.5 Å². The summed E-state index contributed by atoms with van der Waals surface area (Å²) in [5.74, 6) is -0.0499. The summed E-state index contributed by atoms with van der Waals surface area (Å²) in [6, 6.07) is 18.3. The van der Waals surface area contributed by atoms with E-state index in [1.165, 1.54) is 0 Å². The van der Waals surface area contributed by atoms with Crippen LogP contribution in [0.5, 0.6) is 0 Å². The van der Waals surface area contributed by atoms with Crippen molar-refractivity contribution < 1.29 is 4.79 Å². The Morgan fingerprint density at radius 3 is 2.45 bits per heavy atom. The third kappa shape index (κ3) is 4.94. The van der Waals surface area contributed by atoms with Gasteiger partial charge in [-0.25, -0.2) is 0 Å². The van der Waals surface area contributed by atoms with Crippen molar-refractivity contribution in [1.82, 2.24) is 15.2 Å². The molecule has 1 aromatic heterocycles. The van der Waals surface area contributed by atoms with Gasteiger partial charge in [0.1, 0.15) is 0 Å². The fraction of sp³-hybridized carbons (Fsp3) is 0.308. The monoisotopic (exact) mass is 414 g/mol. The van der Waals surface area contributed by atoms with E-state index >= 15 is 0 Å². The Morgan fingerprint density at radius 1 is 0.968 bits per heavy atom. The second-order valence-corrected chi connectivity index (χ2v) is 8.36. The van der Waals surface area contributed by atoms with Gasteiger partial charge in [0.25, 0.3) is 5.91 Å². The first-order valence-corrected chi connectivity index (χ1v) is 10.9. The second kappa shape index (κ2) is 9.31. The molecule has 0 aliphatic carbocycles. The summed E-state index contributed by atoms with van der Waals surface area (Å²) in [5, 5.41) is 3.16. The minimum Gasteiger partial charge on any atom is -0.369 e. The molecule has 2 aromatic carbocycles. The molecule has 1 saturated heterocycles. The largest absolute Gasteiger partial charge is 0.369 e. The minimum absolute atomic E-state index is 0.0499. The zero-order valence-corrected chi connectivity index (χ0v) is 18.5. The number of aromatic nitrogens is 1. The molecule has 160 valence electrons. The molecule has 1 aliphatic heterocycles. The average Bonchev–Trinajstić information content (AvgIpc) is 2.80. The van der Waals surface area contributed by atoms with Gasteiger partial charge in [-0.2, -0.15) is 0 Å². The van der Waals surface area contributed by atoms with Crippen molar-refractivity contribution in [1.29, 1.82) is 0 Å². The zero-order chi connectivity index (χ0) is 21.8. The fourth-order valence-electron chi connectivity index (χ4n) is 3.96. The van der Waals surface area contributed by atoms with E-state index in [2.05, 4.69) is 51.4 Å². The summed E-state index contributed by atoms with van der Waals surface area (Å²) in [4.78, 5) is 22.2. The van der Waals surface area contributed by atoms with Gasteiger partial charge < -0.3 is 15.1 Å². The van der Waals surface area contributed by atoms with Crippen LogP contribution >= 0.6 is 0 Å². The number of piperazine rings is 1. The summed E-state index contributed by atoms with van der Waals surface area (Å²) < 4.78 is 0. The van der Waals surface area contributed by atoms with Gasteiger partial charge >= 0.3 is 0 Å². The molecule has 1 aliphatic rings. The molecular weight excluding hydrogens is 384 g/mol. The van der Waals surface area contributed by atoms with Crippen LogP contribution in [0, 0.1) is 6.92 Å². The molecule has 0 unspecified atom stereocenters. The molecule has 1 N–H and O–H groups in total. The van der Waals surface area contributed by atoms with Crippen LogP contribution in [0.25, 0.3) is 11.1 Å². The smallest absolute Gasteiger partial charge is 0.252 e. The number of nitrogens with one attached hydrogen (secondary N) is 1. The molecule has 4 rings (SSSR count). The van der Waals surface area contributed by atoms with Crippen molar-refractivity contribution in [2.75, 3.05) is 38.1 Å². The van der Waals surface area contributed by atoms with E-state index in [4.69, 9.17) is 0 Å². The van der Waals surface area contributed by atoms with E-state index in [1.54, 1.807) is 0 Å². The Bertz CT molecular complexity index is 1040. The molecule has 1 atom stereocenters. The van der Waals surface area contributed by atoms with Gasteiger partial charge in [-0.3, -0.25) is 9.78 Å². The van der Waals surface area contributed by atoms with E-state index in [1.807, 2.05) is 56.6 Å². The van der Waals surface area contributed by atoms with E-state index < -0.39 is 0 Å². The lowest BCUT2D eigenvalue weighted by Gasteiger charge is -2.34. The van der Waals surface area contributed by atoms with Crippen molar-refractivity contribution in [3.05, 3.63) is 83.7 Å². The maximum absolute atomic E-state index is 13.1. The first-order valence-electron chi connectivity index (χ1n) is 10.9. The lowest BCUT2D eigenvalue weighted by atomic mass is 10.0. The molecule has 0 saturated carbocycles. The number of nitrogens with zero attached hydrogens (tertiary/aromatic N) is 3. The van der Waals surface area contributed by atoms with Crippen LogP contribution < -0.4 is 10.2 Å². The molecular formula is C26H30N4O. The number of likely N-dealkylation sites (N-methyl/N-ethyl adjacent to an activating group) is 1. The number of rotatable bonds is 5. The number of hydrogen-bond donors (Lipinski definition) is 1. The third-order valence-electron chi connectivity index (χ3n) is 6.05. The van der Waals surface area contributed by atoms with Gasteiger partial charge in [-0.1, -0.05) is 36.4 Å². The van der Waals surface area contributed by atoms with E-state index in [9.17, 15) is 4.79 Å². The predicted octanol–water partition coefficient (Wildman–Crippen LogP) is 4.30. The molecule has 31 heavy (non-hydrogen) atoms. The minimum atomic E-state index is -0.143. The van der Waals surface area contributed by atoms with Gasteiger partial charge in [0, 0.05) is 55.4 Å². The fourth-order valence-corrected chi connectivity index (χ4v) is 3.96.